The monoisotopic (exact) mass is 389 g/mol. The molecule has 2 bridgehead atoms. The highest BCUT2D eigenvalue weighted by molar-refractivity contribution is 6.21. The molecule has 2 fully saturated rings. The van der Waals surface area contributed by atoms with Gasteiger partial charge in [-0.05, 0) is 53.4 Å². The van der Waals surface area contributed by atoms with Gasteiger partial charge in [0.25, 0.3) is 0 Å². The third-order valence-electron chi connectivity index (χ3n) is 5.25. The van der Waals surface area contributed by atoms with Gasteiger partial charge in [-0.3, -0.25) is 4.79 Å². The summed E-state index contributed by atoms with van der Waals surface area (Å²) < 4.78 is 11.0. The van der Waals surface area contributed by atoms with Crippen LogP contribution in [0.1, 0.15) is 57.9 Å². The molecular weight excluding hydrogens is 358 g/mol. The molecule has 7 nitrogen and oxygen atoms in total. The molecule has 1 amide bonds. The zero-order chi connectivity index (χ0) is 20.6. The van der Waals surface area contributed by atoms with Gasteiger partial charge in [-0.1, -0.05) is 5.16 Å². The summed E-state index contributed by atoms with van der Waals surface area (Å²) in [6.07, 6.45) is 4.69. The highest BCUT2D eigenvalue weighted by Gasteiger charge is 2.47. The molecule has 28 heavy (non-hydrogen) atoms. The molecule has 154 valence electrons. The smallest absolute Gasteiger partial charge is 0.410 e. The number of aryl methyl sites for hydroxylation is 1. The van der Waals surface area contributed by atoms with Gasteiger partial charge in [0.05, 0.1) is 11.3 Å². The summed E-state index contributed by atoms with van der Waals surface area (Å²) in [5.41, 5.74) is 0.766. The quantitative estimate of drug-likeness (QED) is 0.732. The number of Topliss-reactive ketones (excluding diaryl/α,β-unsaturated/α-hetero) is 1. The van der Waals surface area contributed by atoms with Crippen LogP contribution in [0, 0.1) is 12.8 Å². The Bertz CT molecular complexity index is 761. The lowest BCUT2D eigenvalue weighted by atomic mass is 9.84. The Labute approximate surface area is 166 Å². The number of aromatic nitrogens is 1. The van der Waals surface area contributed by atoms with Crippen molar-refractivity contribution in [3.8, 4) is 0 Å². The van der Waals surface area contributed by atoms with Crippen molar-refractivity contribution in [1.29, 1.82) is 0 Å². The number of rotatable bonds is 4. The number of nitrogens with zero attached hydrogens (tertiary/aromatic N) is 3. The van der Waals surface area contributed by atoms with Crippen LogP contribution in [0.3, 0.4) is 0 Å². The van der Waals surface area contributed by atoms with Crippen LogP contribution < -0.4 is 0 Å². The van der Waals surface area contributed by atoms with E-state index in [1.54, 1.807) is 12.3 Å². The SMILES string of the molecule is Cc1cc(/C(=C/N(C)C)C(=O)C2CC3CCC(C2)N3C(=O)OC(C)(C)C)on1. The third kappa shape index (κ3) is 4.39. The molecule has 3 heterocycles. The first-order valence-electron chi connectivity index (χ1n) is 9.92. The van der Waals surface area contributed by atoms with Gasteiger partial charge in [-0.2, -0.15) is 0 Å². The molecule has 2 saturated heterocycles. The Kier molecular flexibility index (Phi) is 5.55. The molecule has 1 aromatic heterocycles. The van der Waals surface area contributed by atoms with E-state index in [0.29, 0.717) is 24.2 Å². The third-order valence-corrected chi connectivity index (χ3v) is 5.25. The molecule has 2 aliphatic rings. The summed E-state index contributed by atoms with van der Waals surface area (Å²) in [6, 6.07) is 1.90. The van der Waals surface area contributed by atoms with Crippen molar-refractivity contribution in [2.24, 2.45) is 5.92 Å². The average Bonchev–Trinajstić information content (AvgIpc) is 3.11. The predicted molar refractivity (Wildman–Crippen MR) is 106 cm³/mol. The first-order chi connectivity index (χ1) is 13.0. The molecule has 1 aromatic rings. The zero-order valence-corrected chi connectivity index (χ0v) is 17.7. The number of allylic oxidation sites excluding steroid dienone is 1. The average molecular weight is 389 g/mol. The maximum Gasteiger partial charge on any atom is 0.410 e. The van der Waals surface area contributed by atoms with Crippen LogP contribution in [0.25, 0.3) is 5.57 Å². The predicted octanol–water partition coefficient (Wildman–Crippen LogP) is 3.63. The van der Waals surface area contributed by atoms with E-state index < -0.39 is 5.60 Å². The molecule has 3 rings (SSSR count). The van der Waals surface area contributed by atoms with Crippen molar-refractivity contribution < 1.29 is 18.8 Å². The van der Waals surface area contributed by atoms with Crippen molar-refractivity contribution in [2.75, 3.05) is 14.1 Å². The largest absolute Gasteiger partial charge is 0.444 e. The Balaban J connectivity index is 1.77. The van der Waals surface area contributed by atoms with Gasteiger partial charge in [-0.15, -0.1) is 0 Å². The van der Waals surface area contributed by atoms with Crippen molar-refractivity contribution in [3.63, 3.8) is 0 Å². The molecular formula is C21H31N3O4. The summed E-state index contributed by atoms with van der Waals surface area (Å²) >= 11 is 0. The number of ether oxygens (including phenoxy) is 1. The standard InChI is InChI=1S/C21H31N3O4/c1-13-9-18(28-22-13)17(12-23(5)6)19(25)14-10-15-7-8-16(11-14)24(15)20(26)27-21(2,3)4/h9,12,14-16H,7-8,10-11H2,1-6H3/b17-12-. The summed E-state index contributed by atoms with van der Waals surface area (Å²) in [5.74, 6) is 0.427. The summed E-state index contributed by atoms with van der Waals surface area (Å²) in [7, 11) is 3.76. The van der Waals surface area contributed by atoms with E-state index in [1.807, 2.05) is 51.6 Å². The Hall–Kier alpha value is -2.31. The minimum absolute atomic E-state index is 0.0552. The van der Waals surface area contributed by atoms with Crippen LogP contribution >= 0.6 is 0 Å². The first-order valence-corrected chi connectivity index (χ1v) is 9.92. The number of carbonyl (C=O) groups is 2. The van der Waals surface area contributed by atoms with E-state index in [9.17, 15) is 9.59 Å². The number of carbonyl (C=O) groups excluding carboxylic acids is 2. The van der Waals surface area contributed by atoms with E-state index >= 15 is 0 Å². The van der Waals surface area contributed by atoms with Crippen LogP contribution in [0.2, 0.25) is 0 Å². The normalized spacial score (nSPS) is 25.0. The van der Waals surface area contributed by atoms with Gasteiger partial charge < -0.3 is 19.1 Å². The van der Waals surface area contributed by atoms with E-state index in [4.69, 9.17) is 9.26 Å². The second-order valence-electron chi connectivity index (χ2n) is 9.14. The number of fused-ring (bicyclic) bond motifs is 2. The second-order valence-corrected chi connectivity index (χ2v) is 9.14. The number of amides is 1. The summed E-state index contributed by atoms with van der Waals surface area (Å²) in [6.45, 7) is 7.46. The lowest BCUT2D eigenvalue weighted by molar-refractivity contribution is -0.119. The van der Waals surface area contributed by atoms with Crippen LogP contribution in [-0.4, -0.2) is 58.6 Å². The number of piperidine rings is 1. The summed E-state index contributed by atoms with van der Waals surface area (Å²) in [5, 5.41) is 3.93. The Morgan fingerprint density at radius 1 is 1.25 bits per heavy atom. The minimum Gasteiger partial charge on any atom is -0.444 e. The maximum atomic E-state index is 13.4. The van der Waals surface area contributed by atoms with Crippen molar-refractivity contribution in [3.05, 3.63) is 23.7 Å². The minimum atomic E-state index is -0.519. The van der Waals surface area contributed by atoms with E-state index in [0.717, 1.165) is 18.5 Å². The number of ketones is 1. The Morgan fingerprint density at radius 3 is 2.32 bits per heavy atom. The number of hydrogen-bond donors (Lipinski definition) is 0. The highest BCUT2D eigenvalue weighted by Crippen LogP contribution is 2.41. The van der Waals surface area contributed by atoms with Crippen LogP contribution in [0.4, 0.5) is 4.79 Å². The molecule has 7 heteroatoms. The fraction of sp³-hybridized carbons (Fsp3) is 0.667. The summed E-state index contributed by atoms with van der Waals surface area (Å²) in [4.78, 5) is 29.7. The van der Waals surface area contributed by atoms with Crippen molar-refractivity contribution in [1.82, 2.24) is 15.0 Å². The molecule has 0 aromatic carbocycles. The van der Waals surface area contributed by atoms with E-state index in [1.165, 1.54) is 0 Å². The maximum absolute atomic E-state index is 13.4. The lowest BCUT2D eigenvalue weighted by Gasteiger charge is -2.39. The van der Waals surface area contributed by atoms with Gasteiger partial charge in [0.1, 0.15) is 5.60 Å². The molecule has 0 aliphatic carbocycles. The molecule has 0 saturated carbocycles. The molecule has 2 aliphatic heterocycles. The van der Waals surface area contributed by atoms with Crippen LogP contribution in [0.15, 0.2) is 16.8 Å². The second kappa shape index (κ2) is 7.60. The number of hydrogen-bond acceptors (Lipinski definition) is 6. The van der Waals surface area contributed by atoms with Gasteiger partial charge in [0, 0.05) is 44.4 Å². The topological polar surface area (TPSA) is 75.9 Å². The first kappa shape index (κ1) is 20.4. The van der Waals surface area contributed by atoms with Crippen LogP contribution in [0.5, 0.6) is 0 Å². The van der Waals surface area contributed by atoms with Gasteiger partial charge in [-0.25, -0.2) is 4.79 Å². The molecule has 0 N–H and O–H groups in total. The van der Waals surface area contributed by atoms with Crippen LogP contribution in [-0.2, 0) is 9.53 Å². The molecule has 0 spiro atoms. The van der Waals surface area contributed by atoms with E-state index in [-0.39, 0.29) is 29.9 Å². The van der Waals surface area contributed by atoms with Crippen molar-refractivity contribution in [2.45, 2.75) is 71.1 Å². The lowest BCUT2D eigenvalue weighted by Crippen LogP contribution is -2.49. The zero-order valence-electron chi connectivity index (χ0n) is 17.7. The fourth-order valence-corrected chi connectivity index (χ4v) is 4.22. The van der Waals surface area contributed by atoms with Gasteiger partial charge >= 0.3 is 6.09 Å². The highest BCUT2D eigenvalue weighted by atomic mass is 16.6. The molecule has 0 radical (unpaired) electrons. The van der Waals surface area contributed by atoms with Gasteiger partial charge in [0.2, 0.25) is 0 Å². The van der Waals surface area contributed by atoms with E-state index in [2.05, 4.69) is 5.16 Å². The van der Waals surface area contributed by atoms with Crippen molar-refractivity contribution >= 4 is 17.4 Å². The molecule has 2 unspecified atom stereocenters. The Morgan fingerprint density at radius 2 is 1.86 bits per heavy atom. The van der Waals surface area contributed by atoms with Gasteiger partial charge in [0.15, 0.2) is 11.5 Å². The fourth-order valence-electron chi connectivity index (χ4n) is 4.22. The molecule has 2 atom stereocenters.